The van der Waals surface area contributed by atoms with Crippen LogP contribution in [0.15, 0.2) is 35.8 Å². The van der Waals surface area contributed by atoms with Gasteiger partial charge >= 0.3 is 0 Å². The van der Waals surface area contributed by atoms with Crippen molar-refractivity contribution >= 4 is 22.2 Å². The lowest BCUT2D eigenvalue weighted by atomic mass is 10.1. The summed E-state index contributed by atoms with van der Waals surface area (Å²) in [6, 6.07) is 6.52. The third-order valence-corrected chi connectivity index (χ3v) is 5.66. The highest BCUT2D eigenvalue weighted by atomic mass is 32.1. The molecule has 1 aliphatic heterocycles. The van der Waals surface area contributed by atoms with E-state index in [1.807, 2.05) is 27.8 Å². The van der Waals surface area contributed by atoms with Crippen LogP contribution in [0.3, 0.4) is 0 Å². The first-order valence-electron chi connectivity index (χ1n) is 8.86. The Morgan fingerprint density at radius 1 is 1.31 bits per heavy atom. The minimum atomic E-state index is -0.241. The Labute approximate surface area is 155 Å². The van der Waals surface area contributed by atoms with E-state index in [9.17, 15) is 9.18 Å². The van der Waals surface area contributed by atoms with Gasteiger partial charge in [-0.15, -0.1) is 11.3 Å². The predicted octanol–water partition coefficient (Wildman–Crippen LogP) is 3.62. The second-order valence-corrected chi connectivity index (χ2v) is 7.49. The van der Waals surface area contributed by atoms with E-state index in [0.29, 0.717) is 12.2 Å². The summed E-state index contributed by atoms with van der Waals surface area (Å²) < 4.78 is 15.1. The lowest BCUT2D eigenvalue weighted by Gasteiger charge is -2.17. The molecule has 0 aliphatic carbocycles. The molecule has 1 N–H and O–H groups in total. The van der Waals surface area contributed by atoms with Crippen molar-refractivity contribution in [2.45, 2.75) is 32.4 Å². The van der Waals surface area contributed by atoms with Crippen LogP contribution in [0.2, 0.25) is 0 Å². The van der Waals surface area contributed by atoms with Gasteiger partial charge in [-0.1, -0.05) is 12.1 Å². The molecule has 1 saturated heterocycles. The quantitative estimate of drug-likeness (QED) is 0.744. The normalized spacial score (nSPS) is 15.7. The zero-order valence-corrected chi connectivity index (χ0v) is 15.4. The second-order valence-electron chi connectivity index (χ2n) is 6.62. The zero-order chi connectivity index (χ0) is 18.1. The number of halogens is 1. The molecule has 0 spiro atoms. The number of benzene rings is 1. The molecule has 0 unspecified atom stereocenters. The average molecular weight is 372 g/mol. The molecule has 1 fully saturated rings. The van der Waals surface area contributed by atoms with Crippen LogP contribution in [0.25, 0.3) is 4.96 Å². The van der Waals surface area contributed by atoms with Crippen molar-refractivity contribution in [3.8, 4) is 0 Å². The number of hydrogen-bond acceptors (Lipinski definition) is 4. The fraction of sp³-hybridized carbons (Fsp3) is 0.368. The van der Waals surface area contributed by atoms with E-state index in [-0.39, 0.29) is 17.8 Å². The summed E-state index contributed by atoms with van der Waals surface area (Å²) >= 11 is 1.53. The van der Waals surface area contributed by atoms with Gasteiger partial charge in [-0.2, -0.15) is 0 Å². The lowest BCUT2D eigenvalue weighted by molar-refractivity contribution is 0.0786. The van der Waals surface area contributed by atoms with Crippen LogP contribution in [-0.4, -0.2) is 33.3 Å². The highest BCUT2D eigenvalue weighted by Gasteiger charge is 2.26. The van der Waals surface area contributed by atoms with Crippen molar-refractivity contribution in [2.24, 2.45) is 0 Å². The number of imidazole rings is 1. The third-order valence-electron chi connectivity index (χ3n) is 4.90. The van der Waals surface area contributed by atoms with Crippen LogP contribution in [0.1, 0.15) is 47.6 Å². The molecule has 7 heteroatoms. The molecule has 3 heterocycles. The molecule has 136 valence electrons. The number of nitrogens with one attached hydrogen (secondary N) is 1. The molecule has 1 aromatic carbocycles. The van der Waals surface area contributed by atoms with Crippen molar-refractivity contribution in [3.05, 3.63) is 58.6 Å². The van der Waals surface area contributed by atoms with Crippen LogP contribution in [-0.2, 0) is 6.54 Å². The first-order chi connectivity index (χ1) is 12.6. The Morgan fingerprint density at radius 2 is 2.04 bits per heavy atom. The molecule has 26 heavy (non-hydrogen) atoms. The highest BCUT2D eigenvalue weighted by Crippen LogP contribution is 2.22. The smallest absolute Gasteiger partial charge is 0.274 e. The fourth-order valence-electron chi connectivity index (χ4n) is 3.36. The number of amides is 1. The number of fused-ring (bicyclic) bond motifs is 1. The van der Waals surface area contributed by atoms with Crippen molar-refractivity contribution in [2.75, 3.05) is 13.1 Å². The van der Waals surface area contributed by atoms with Gasteiger partial charge in [0.1, 0.15) is 5.82 Å². The maximum absolute atomic E-state index is 13.1. The summed E-state index contributed by atoms with van der Waals surface area (Å²) in [4.78, 5) is 20.2. The summed E-state index contributed by atoms with van der Waals surface area (Å²) in [6.07, 6.45) is 4.07. The zero-order valence-electron chi connectivity index (χ0n) is 14.6. The molecular formula is C19H21FN4OS. The SMILES string of the molecule is C[C@@H](NCc1c(C(=O)N2CCCC2)nc2sccn12)c1ccc(F)cc1. The van der Waals surface area contributed by atoms with E-state index in [4.69, 9.17) is 0 Å². The molecule has 2 aromatic heterocycles. The van der Waals surface area contributed by atoms with Crippen molar-refractivity contribution in [3.63, 3.8) is 0 Å². The van der Waals surface area contributed by atoms with Crippen LogP contribution in [0, 0.1) is 5.82 Å². The minimum absolute atomic E-state index is 0.0182. The van der Waals surface area contributed by atoms with E-state index < -0.39 is 0 Å². The van der Waals surface area contributed by atoms with Gasteiger partial charge in [0.2, 0.25) is 0 Å². The molecule has 4 rings (SSSR count). The lowest BCUT2D eigenvalue weighted by Crippen LogP contribution is -2.30. The number of thiazole rings is 1. The number of aromatic nitrogens is 2. The standard InChI is InChI=1S/C19H21FN4OS/c1-13(14-4-6-15(20)7-5-14)21-12-16-17(18(25)23-8-2-3-9-23)22-19-24(16)10-11-26-19/h4-7,10-11,13,21H,2-3,8-9,12H2,1H3/t13-/m1/s1. The number of rotatable bonds is 5. The summed E-state index contributed by atoms with van der Waals surface area (Å²) in [5, 5.41) is 5.41. The van der Waals surface area contributed by atoms with Gasteiger partial charge in [-0.3, -0.25) is 9.20 Å². The maximum atomic E-state index is 13.1. The molecule has 0 bridgehead atoms. The van der Waals surface area contributed by atoms with Gasteiger partial charge in [-0.05, 0) is 37.5 Å². The Morgan fingerprint density at radius 3 is 2.77 bits per heavy atom. The van der Waals surface area contributed by atoms with Gasteiger partial charge in [-0.25, -0.2) is 9.37 Å². The topological polar surface area (TPSA) is 49.6 Å². The van der Waals surface area contributed by atoms with Gasteiger partial charge in [0.05, 0.1) is 5.69 Å². The van der Waals surface area contributed by atoms with Crippen LogP contribution < -0.4 is 5.32 Å². The summed E-state index contributed by atoms with van der Waals surface area (Å²) in [5.41, 5.74) is 2.43. The van der Waals surface area contributed by atoms with Crippen molar-refractivity contribution < 1.29 is 9.18 Å². The number of likely N-dealkylation sites (tertiary alicyclic amines) is 1. The van der Waals surface area contributed by atoms with E-state index >= 15 is 0 Å². The molecule has 0 radical (unpaired) electrons. The van der Waals surface area contributed by atoms with Crippen molar-refractivity contribution in [1.82, 2.24) is 19.6 Å². The van der Waals surface area contributed by atoms with E-state index in [2.05, 4.69) is 10.3 Å². The van der Waals surface area contributed by atoms with Gasteiger partial charge in [0.15, 0.2) is 10.7 Å². The second kappa shape index (κ2) is 7.17. The summed E-state index contributed by atoms with van der Waals surface area (Å²) in [5.74, 6) is -0.222. The molecular weight excluding hydrogens is 351 g/mol. The number of carbonyl (C=O) groups is 1. The predicted molar refractivity (Wildman–Crippen MR) is 99.9 cm³/mol. The Balaban J connectivity index is 1.56. The van der Waals surface area contributed by atoms with Crippen LogP contribution in [0.5, 0.6) is 0 Å². The monoisotopic (exact) mass is 372 g/mol. The Kier molecular flexibility index (Phi) is 4.74. The van der Waals surface area contributed by atoms with Crippen LogP contribution in [0.4, 0.5) is 4.39 Å². The summed E-state index contributed by atoms with van der Waals surface area (Å²) in [7, 11) is 0. The molecule has 0 saturated carbocycles. The molecule has 5 nitrogen and oxygen atoms in total. The van der Waals surface area contributed by atoms with Gasteiger partial charge < -0.3 is 10.2 Å². The first-order valence-corrected chi connectivity index (χ1v) is 9.74. The van der Waals surface area contributed by atoms with Gasteiger partial charge in [0, 0.05) is 37.3 Å². The van der Waals surface area contributed by atoms with E-state index in [1.165, 1.54) is 23.5 Å². The first kappa shape index (κ1) is 17.2. The van der Waals surface area contributed by atoms with Crippen molar-refractivity contribution in [1.29, 1.82) is 0 Å². The largest absolute Gasteiger partial charge is 0.337 e. The average Bonchev–Trinajstić information content (AvgIpc) is 3.37. The number of carbonyl (C=O) groups excluding carboxylic acids is 1. The number of nitrogens with zero attached hydrogens (tertiary/aromatic N) is 3. The fourth-order valence-corrected chi connectivity index (χ4v) is 4.09. The number of hydrogen-bond donors (Lipinski definition) is 1. The maximum Gasteiger partial charge on any atom is 0.274 e. The highest BCUT2D eigenvalue weighted by molar-refractivity contribution is 7.15. The minimum Gasteiger partial charge on any atom is -0.337 e. The molecule has 1 amide bonds. The molecule has 1 aliphatic rings. The van der Waals surface area contributed by atoms with Gasteiger partial charge in [0.25, 0.3) is 5.91 Å². The Bertz CT molecular complexity index is 911. The Hall–Kier alpha value is -2.25. The van der Waals surface area contributed by atoms with E-state index in [0.717, 1.165) is 42.1 Å². The molecule has 1 atom stereocenters. The third kappa shape index (κ3) is 3.24. The molecule has 3 aromatic rings. The van der Waals surface area contributed by atoms with E-state index in [1.54, 1.807) is 12.1 Å². The van der Waals surface area contributed by atoms with Crippen LogP contribution >= 0.6 is 11.3 Å². The summed E-state index contributed by atoms with van der Waals surface area (Å²) in [6.45, 7) is 4.16.